The van der Waals surface area contributed by atoms with Crippen LogP contribution in [0.2, 0.25) is 0 Å². The van der Waals surface area contributed by atoms with Gasteiger partial charge in [-0.25, -0.2) is 14.5 Å². The lowest BCUT2D eigenvalue weighted by molar-refractivity contribution is 0.101. The van der Waals surface area contributed by atoms with Crippen molar-refractivity contribution >= 4 is 5.65 Å². The molecular formula is C24H29N7. The molecule has 5 rings (SSSR count). The van der Waals surface area contributed by atoms with E-state index in [9.17, 15) is 0 Å². The summed E-state index contributed by atoms with van der Waals surface area (Å²) in [5.41, 5.74) is 5.83. The smallest absolute Gasteiger partial charge is 0.155 e. The highest BCUT2D eigenvalue weighted by molar-refractivity contribution is 5.77. The summed E-state index contributed by atoms with van der Waals surface area (Å²) < 4.78 is 1.80. The monoisotopic (exact) mass is 415 g/mol. The maximum absolute atomic E-state index is 5.09. The Morgan fingerprint density at radius 1 is 1.03 bits per heavy atom. The molecule has 0 radical (unpaired) electrons. The van der Waals surface area contributed by atoms with Crippen molar-refractivity contribution in [1.82, 2.24) is 34.4 Å². The Morgan fingerprint density at radius 3 is 2.58 bits per heavy atom. The minimum absolute atomic E-state index is 0.211. The van der Waals surface area contributed by atoms with Crippen molar-refractivity contribution in [3.8, 4) is 22.6 Å². The summed E-state index contributed by atoms with van der Waals surface area (Å²) in [6.45, 7) is 11.1. The number of hydrogen-bond donors (Lipinski definition) is 1. The predicted molar refractivity (Wildman–Crippen MR) is 122 cm³/mol. The predicted octanol–water partition coefficient (Wildman–Crippen LogP) is 4.47. The number of likely N-dealkylation sites (tertiary alicyclic amines) is 1. The number of pyridine rings is 2. The Hall–Kier alpha value is -3.06. The average Bonchev–Trinajstić information content (AvgIpc) is 3.40. The first kappa shape index (κ1) is 19.9. The van der Waals surface area contributed by atoms with E-state index in [0.29, 0.717) is 5.92 Å². The van der Waals surface area contributed by atoms with Crippen LogP contribution in [0.1, 0.15) is 51.0 Å². The second-order valence-corrected chi connectivity index (χ2v) is 9.42. The fourth-order valence-electron chi connectivity index (χ4n) is 4.44. The summed E-state index contributed by atoms with van der Waals surface area (Å²) in [5.74, 6) is 1.48. The number of imidazole rings is 1. The number of fused-ring (bicyclic) bond motifs is 1. The maximum atomic E-state index is 5.09. The second kappa shape index (κ2) is 7.57. The van der Waals surface area contributed by atoms with Gasteiger partial charge >= 0.3 is 0 Å². The SMILES string of the molecule is Cc1cccc(-c2nc(C3CCN(C(C)(C)C)CC3)[nH]c2-c2ccc3ncnn3c2)n1. The van der Waals surface area contributed by atoms with Gasteiger partial charge in [-0.1, -0.05) is 6.07 Å². The van der Waals surface area contributed by atoms with Gasteiger partial charge < -0.3 is 4.98 Å². The van der Waals surface area contributed by atoms with E-state index in [-0.39, 0.29) is 5.54 Å². The van der Waals surface area contributed by atoms with Crippen LogP contribution in [-0.4, -0.2) is 53.1 Å². The van der Waals surface area contributed by atoms with E-state index in [2.05, 4.69) is 46.8 Å². The fourth-order valence-corrected chi connectivity index (χ4v) is 4.44. The van der Waals surface area contributed by atoms with Crippen molar-refractivity contribution in [2.45, 2.75) is 52.0 Å². The number of aromatic nitrogens is 6. The topological polar surface area (TPSA) is 75.0 Å². The molecule has 160 valence electrons. The van der Waals surface area contributed by atoms with Crippen LogP contribution in [0.5, 0.6) is 0 Å². The molecule has 1 fully saturated rings. The van der Waals surface area contributed by atoms with E-state index >= 15 is 0 Å². The Balaban J connectivity index is 1.54. The molecule has 0 spiro atoms. The van der Waals surface area contributed by atoms with Crippen molar-refractivity contribution in [1.29, 1.82) is 0 Å². The van der Waals surface area contributed by atoms with Gasteiger partial charge in [0.1, 0.15) is 17.8 Å². The van der Waals surface area contributed by atoms with Crippen molar-refractivity contribution in [2.75, 3.05) is 13.1 Å². The first-order valence-corrected chi connectivity index (χ1v) is 11.0. The fraction of sp³-hybridized carbons (Fsp3) is 0.417. The number of aromatic amines is 1. The molecule has 0 bridgehead atoms. The van der Waals surface area contributed by atoms with E-state index in [1.165, 1.54) is 0 Å². The van der Waals surface area contributed by atoms with Crippen LogP contribution >= 0.6 is 0 Å². The molecule has 5 heterocycles. The van der Waals surface area contributed by atoms with Crippen LogP contribution in [0.3, 0.4) is 0 Å². The highest BCUT2D eigenvalue weighted by Gasteiger charge is 2.30. The van der Waals surface area contributed by atoms with Gasteiger partial charge in [0.25, 0.3) is 0 Å². The van der Waals surface area contributed by atoms with Crippen LogP contribution in [-0.2, 0) is 0 Å². The number of nitrogens with one attached hydrogen (secondary N) is 1. The third-order valence-electron chi connectivity index (χ3n) is 6.25. The van der Waals surface area contributed by atoms with Gasteiger partial charge in [0, 0.05) is 28.9 Å². The summed E-state index contributed by atoms with van der Waals surface area (Å²) in [5, 5.41) is 4.30. The van der Waals surface area contributed by atoms with Gasteiger partial charge in [-0.05, 0) is 77.9 Å². The molecule has 1 aliphatic rings. The minimum Gasteiger partial charge on any atom is -0.341 e. The van der Waals surface area contributed by atoms with Crippen LogP contribution in [0.15, 0.2) is 42.9 Å². The largest absolute Gasteiger partial charge is 0.341 e. The molecule has 31 heavy (non-hydrogen) atoms. The molecule has 1 aliphatic heterocycles. The quantitative estimate of drug-likeness (QED) is 0.534. The lowest BCUT2D eigenvalue weighted by Gasteiger charge is -2.40. The molecule has 4 aromatic rings. The first-order chi connectivity index (χ1) is 14.9. The van der Waals surface area contributed by atoms with Gasteiger partial charge in [0.15, 0.2) is 5.65 Å². The molecule has 0 amide bonds. The molecule has 1 N–H and O–H groups in total. The summed E-state index contributed by atoms with van der Waals surface area (Å²) in [6.07, 6.45) is 5.78. The molecule has 0 aromatic carbocycles. The van der Waals surface area contributed by atoms with Crippen LogP contribution < -0.4 is 0 Å². The third kappa shape index (κ3) is 3.85. The number of aryl methyl sites for hydroxylation is 1. The molecular weight excluding hydrogens is 386 g/mol. The Kier molecular flexibility index (Phi) is 4.85. The summed E-state index contributed by atoms with van der Waals surface area (Å²) in [6, 6.07) is 10.1. The zero-order chi connectivity index (χ0) is 21.6. The Bertz CT molecular complexity index is 1210. The van der Waals surface area contributed by atoms with Crippen LogP contribution in [0.25, 0.3) is 28.3 Å². The minimum atomic E-state index is 0.211. The molecule has 0 saturated carbocycles. The maximum Gasteiger partial charge on any atom is 0.155 e. The third-order valence-corrected chi connectivity index (χ3v) is 6.25. The Labute approximate surface area is 182 Å². The zero-order valence-corrected chi connectivity index (χ0v) is 18.6. The lowest BCUT2D eigenvalue weighted by atomic mass is 9.92. The zero-order valence-electron chi connectivity index (χ0n) is 18.6. The van der Waals surface area contributed by atoms with Gasteiger partial charge in [0.2, 0.25) is 0 Å². The highest BCUT2D eigenvalue weighted by Crippen LogP contribution is 2.35. The number of hydrogen-bond acceptors (Lipinski definition) is 5. The summed E-state index contributed by atoms with van der Waals surface area (Å²) >= 11 is 0. The number of nitrogens with zero attached hydrogens (tertiary/aromatic N) is 6. The molecule has 0 aliphatic carbocycles. The van der Waals surface area contributed by atoms with Crippen molar-refractivity contribution < 1.29 is 0 Å². The van der Waals surface area contributed by atoms with E-state index < -0.39 is 0 Å². The molecule has 7 nitrogen and oxygen atoms in total. The second-order valence-electron chi connectivity index (χ2n) is 9.42. The van der Waals surface area contributed by atoms with Crippen molar-refractivity contribution in [3.05, 3.63) is 54.4 Å². The highest BCUT2D eigenvalue weighted by atomic mass is 15.3. The van der Waals surface area contributed by atoms with Gasteiger partial charge in [-0.3, -0.25) is 9.88 Å². The van der Waals surface area contributed by atoms with Crippen LogP contribution in [0.4, 0.5) is 0 Å². The van der Waals surface area contributed by atoms with Crippen molar-refractivity contribution in [2.24, 2.45) is 0 Å². The lowest BCUT2D eigenvalue weighted by Crippen LogP contribution is -2.45. The molecule has 1 saturated heterocycles. The molecule has 0 atom stereocenters. The number of piperidine rings is 1. The number of rotatable bonds is 3. The normalized spacial score (nSPS) is 16.3. The van der Waals surface area contributed by atoms with Gasteiger partial charge in [-0.15, -0.1) is 0 Å². The van der Waals surface area contributed by atoms with E-state index in [1.807, 2.05) is 37.4 Å². The molecule has 0 unspecified atom stereocenters. The van der Waals surface area contributed by atoms with E-state index in [1.54, 1.807) is 10.8 Å². The number of H-pyrrole nitrogens is 1. The summed E-state index contributed by atoms with van der Waals surface area (Å²) in [7, 11) is 0. The standard InChI is InChI=1S/C24H29N7/c1-16-6-5-7-19(27-16)22-21(18-8-9-20-25-15-26-31(20)14-18)28-23(29-22)17-10-12-30(13-11-17)24(2,3)4/h5-9,14-15,17H,10-13H2,1-4H3,(H,28,29). The molecule has 4 aromatic heterocycles. The average molecular weight is 416 g/mol. The van der Waals surface area contributed by atoms with Gasteiger partial charge in [-0.2, -0.15) is 5.10 Å². The first-order valence-electron chi connectivity index (χ1n) is 11.0. The van der Waals surface area contributed by atoms with Crippen molar-refractivity contribution in [3.63, 3.8) is 0 Å². The summed E-state index contributed by atoms with van der Waals surface area (Å²) in [4.78, 5) is 20.3. The van der Waals surface area contributed by atoms with E-state index in [4.69, 9.17) is 9.97 Å². The Morgan fingerprint density at radius 2 is 1.84 bits per heavy atom. The molecule has 7 heteroatoms. The van der Waals surface area contributed by atoms with E-state index in [0.717, 1.165) is 65.7 Å². The van der Waals surface area contributed by atoms with Crippen LogP contribution in [0, 0.1) is 6.92 Å². The van der Waals surface area contributed by atoms with Gasteiger partial charge in [0.05, 0.1) is 11.4 Å².